The highest BCUT2D eigenvalue weighted by Crippen LogP contribution is 2.28. The fraction of sp³-hybridized carbons (Fsp3) is 0.267. The topological polar surface area (TPSA) is 42.2 Å². The zero-order valence-electron chi connectivity index (χ0n) is 10.3. The number of benzene rings is 1. The number of aryl methyl sites for hydroxylation is 2. The van der Waals surface area contributed by atoms with Gasteiger partial charge in [0.2, 0.25) is 0 Å². The smallest absolute Gasteiger partial charge is 0.352 e. The second-order valence-corrected chi connectivity index (χ2v) is 4.81. The van der Waals surface area contributed by atoms with E-state index >= 15 is 0 Å². The Kier molecular flexibility index (Phi) is 2.47. The van der Waals surface area contributed by atoms with Crippen molar-refractivity contribution in [3.05, 3.63) is 47.2 Å². The van der Waals surface area contributed by atoms with Gasteiger partial charge in [0.1, 0.15) is 5.69 Å². The Bertz CT molecular complexity index is 625. The fourth-order valence-electron chi connectivity index (χ4n) is 2.75. The van der Waals surface area contributed by atoms with E-state index in [2.05, 4.69) is 18.2 Å². The molecule has 0 aliphatic heterocycles. The van der Waals surface area contributed by atoms with Crippen LogP contribution in [0.3, 0.4) is 0 Å². The van der Waals surface area contributed by atoms with E-state index in [4.69, 9.17) is 5.11 Å². The Balaban J connectivity index is 2.07. The highest BCUT2D eigenvalue weighted by molar-refractivity contribution is 5.87. The highest BCUT2D eigenvalue weighted by atomic mass is 16.4. The minimum absolute atomic E-state index is 0.325. The summed E-state index contributed by atoms with van der Waals surface area (Å²) in [6.07, 6.45) is 3.54. The van der Waals surface area contributed by atoms with E-state index < -0.39 is 5.97 Å². The van der Waals surface area contributed by atoms with Gasteiger partial charge in [-0.2, -0.15) is 0 Å². The van der Waals surface area contributed by atoms with Gasteiger partial charge in [0, 0.05) is 12.7 Å². The van der Waals surface area contributed by atoms with E-state index in [0.29, 0.717) is 5.69 Å². The van der Waals surface area contributed by atoms with Crippen molar-refractivity contribution >= 4 is 5.97 Å². The molecule has 1 aromatic heterocycles. The molecule has 0 amide bonds. The van der Waals surface area contributed by atoms with Gasteiger partial charge in [0.25, 0.3) is 0 Å². The molecule has 0 bridgehead atoms. The Labute approximate surface area is 106 Å². The Morgan fingerprint density at radius 1 is 1.17 bits per heavy atom. The number of carbonyl (C=O) groups is 1. The van der Waals surface area contributed by atoms with Crippen LogP contribution < -0.4 is 0 Å². The zero-order valence-corrected chi connectivity index (χ0v) is 10.3. The lowest BCUT2D eigenvalue weighted by Gasteiger charge is -2.07. The molecule has 0 saturated carbocycles. The van der Waals surface area contributed by atoms with E-state index in [1.165, 1.54) is 24.0 Å². The maximum absolute atomic E-state index is 11.0. The number of fused-ring (bicyclic) bond motifs is 1. The summed E-state index contributed by atoms with van der Waals surface area (Å²) in [4.78, 5) is 11.0. The van der Waals surface area contributed by atoms with Crippen LogP contribution in [0.4, 0.5) is 0 Å². The molecule has 18 heavy (non-hydrogen) atoms. The standard InChI is InChI=1S/C15H15NO2/c1-16-13(7-8-14(16)15(17)18)12-6-5-10-3-2-4-11(10)9-12/h5-9H,2-4H2,1H3,(H,17,18). The molecule has 92 valence electrons. The van der Waals surface area contributed by atoms with Crippen LogP contribution in [0.25, 0.3) is 11.3 Å². The summed E-state index contributed by atoms with van der Waals surface area (Å²) in [6.45, 7) is 0. The molecule has 1 heterocycles. The average Bonchev–Trinajstić information content (AvgIpc) is 2.93. The number of carboxylic acid groups (broad SMARTS) is 1. The van der Waals surface area contributed by atoms with Gasteiger partial charge in [-0.25, -0.2) is 4.79 Å². The molecular weight excluding hydrogens is 226 g/mol. The lowest BCUT2D eigenvalue weighted by atomic mass is 10.0. The van der Waals surface area contributed by atoms with Gasteiger partial charge in [-0.1, -0.05) is 12.1 Å². The maximum atomic E-state index is 11.0. The lowest BCUT2D eigenvalue weighted by molar-refractivity contribution is 0.0687. The van der Waals surface area contributed by atoms with Crippen molar-refractivity contribution in [1.82, 2.24) is 4.57 Å². The van der Waals surface area contributed by atoms with Crippen LogP contribution in [0.5, 0.6) is 0 Å². The second-order valence-electron chi connectivity index (χ2n) is 4.81. The molecule has 0 radical (unpaired) electrons. The molecule has 0 fully saturated rings. The maximum Gasteiger partial charge on any atom is 0.352 e. The molecule has 0 spiro atoms. The van der Waals surface area contributed by atoms with Crippen LogP contribution in [-0.4, -0.2) is 15.6 Å². The predicted molar refractivity (Wildman–Crippen MR) is 69.8 cm³/mol. The van der Waals surface area contributed by atoms with Crippen LogP contribution in [0.1, 0.15) is 28.0 Å². The summed E-state index contributed by atoms with van der Waals surface area (Å²) >= 11 is 0. The molecule has 1 aromatic carbocycles. The summed E-state index contributed by atoms with van der Waals surface area (Å²) < 4.78 is 1.74. The Morgan fingerprint density at radius 3 is 2.67 bits per heavy atom. The van der Waals surface area contributed by atoms with Gasteiger partial charge in [-0.05, 0) is 54.2 Å². The molecule has 1 N–H and O–H groups in total. The number of hydrogen-bond donors (Lipinski definition) is 1. The number of rotatable bonds is 2. The summed E-state index contributed by atoms with van der Waals surface area (Å²) in [5.74, 6) is -0.884. The van der Waals surface area contributed by atoms with Crippen LogP contribution >= 0.6 is 0 Å². The van der Waals surface area contributed by atoms with E-state index in [1.54, 1.807) is 17.7 Å². The van der Waals surface area contributed by atoms with Gasteiger partial charge in [-0.15, -0.1) is 0 Å². The first-order valence-corrected chi connectivity index (χ1v) is 6.18. The van der Waals surface area contributed by atoms with Crippen molar-refractivity contribution in [3.8, 4) is 11.3 Å². The molecule has 3 heteroatoms. The number of aromatic carboxylic acids is 1. The van der Waals surface area contributed by atoms with E-state index in [-0.39, 0.29) is 0 Å². The van der Waals surface area contributed by atoms with E-state index in [1.807, 2.05) is 6.07 Å². The SMILES string of the molecule is Cn1c(C(=O)O)ccc1-c1ccc2c(c1)CCC2. The molecule has 1 aliphatic rings. The predicted octanol–water partition coefficient (Wildman–Crippen LogP) is 2.88. The van der Waals surface area contributed by atoms with Crippen molar-refractivity contribution < 1.29 is 9.90 Å². The molecule has 3 nitrogen and oxygen atoms in total. The largest absolute Gasteiger partial charge is 0.477 e. The van der Waals surface area contributed by atoms with Crippen molar-refractivity contribution in [2.45, 2.75) is 19.3 Å². The molecule has 1 aliphatic carbocycles. The second kappa shape index (κ2) is 4.02. The molecule has 0 saturated heterocycles. The average molecular weight is 241 g/mol. The Morgan fingerprint density at radius 2 is 1.94 bits per heavy atom. The summed E-state index contributed by atoms with van der Waals surface area (Å²) in [7, 11) is 1.80. The van der Waals surface area contributed by atoms with Crippen molar-refractivity contribution in [1.29, 1.82) is 0 Å². The molecule has 0 unspecified atom stereocenters. The van der Waals surface area contributed by atoms with Crippen LogP contribution in [-0.2, 0) is 19.9 Å². The summed E-state index contributed by atoms with van der Waals surface area (Å²) in [6, 6.07) is 9.99. The van der Waals surface area contributed by atoms with Gasteiger partial charge < -0.3 is 9.67 Å². The van der Waals surface area contributed by atoms with Gasteiger partial charge in [0.05, 0.1) is 0 Å². The number of nitrogens with zero attached hydrogens (tertiary/aromatic N) is 1. The normalized spacial score (nSPS) is 13.6. The molecule has 0 atom stereocenters. The summed E-state index contributed by atoms with van der Waals surface area (Å²) in [5.41, 5.74) is 5.23. The number of aromatic nitrogens is 1. The number of hydrogen-bond acceptors (Lipinski definition) is 1. The van der Waals surface area contributed by atoms with Crippen LogP contribution in [0.15, 0.2) is 30.3 Å². The first kappa shape index (κ1) is 11.1. The highest BCUT2D eigenvalue weighted by Gasteiger charge is 2.15. The minimum Gasteiger partial charge on any atom is -0.477 e. The minimum atomic E-state index is -0.884. The third-order valence-corrected chi connectivity index (χ3v) is 3.74. The van der Waals surface area contributed by atoms with E-state index in [9.17, 15) is 4.79 Å². The summed E-state index contributed by atoms with van der Waals surface area (Å²) in [5, 5.41) is 9.06. The zero-order chi connectivity index (χ0) is 12.7. The Hall–Kier alpha value is -2.03. The monoisotopic (exact) mass is 241 g/mol. The molecule has 2 aromatic rings. The fourth-order valence-corrected chi connectivity index (χ4v) is 2.75. The first-order valence-electron chi connectivity index (χ1n) is 6.18. The lowest BCUT2D eigenvalue weighted by Crippen LogP contribution is -2.05. The van der Waals surface area contributed by atoms with Crippen molar-refractivity contribution in [3.63, 3.8) is 0 Å². The van der Waals surface area contributed by atoms with Crippen LogP contribution in [0, 0.1) is 0 Å². The third kappa shape index (κ3) is 1.63. The molecular formula is C15H15NO2. The molecule has 3 rings (SSSR count). The third-order valence-electron chi connectivity index (χ3n) is 3.74. The van der Waals surface area contributed by atoms with Gasteiger partial charge >= 0.3 is 5.97 Å². The quantitative estimate of drug-likeness (QED) is 0.878. The van der Waals surface area contributed by atoms with Gasteiger partial charge in [-0.3, -0.25) is 0 Å². The number of carboxylic acids is 1. The van der Waals surface area contributed by atoms with Gasteiger partial charge in [0.15, 0.2) is 0 Å². The van der Waals surface area contributed by atoms with Crippen molar-refractivity contribution in [2.75, 3.05) is 0 Å². The van der Waals surface area contributed by atoms with Crippen molar-refractivity contribution in [2.24, 2.45) is 7.05 Å². The first-order chi connectivity index (χ1) is 8.66. The van der Waals surface area contributed by atoms with E-state index in [0.717, 1.165) is 17.7 Å². The van der Waals surface area contributed by atoms with Crippen LogP contribution in [0.2, 0.25) is 0 Å².